The van der Waals surface area contributed by atoms with Gasteiger partial charge in [-0.1, -0.05) is 13.8 Å². The lowest BCUT2D eigenvalue weighted by Crippen LogP contribution is -2.52. The number of halogens is 2. The molecule has 1 saturated heterocycles. The van der Waals surface area contributed by atoms with Crippen molar-refractivity contribution in [2.45, 2.75) is 19.9 Å². The second kappa shape index (κ2) is 11.1. The molecule has 4 N–H and O–H groups in total. The van der Waals surface area contributed by atoms with Crippen LogP contribution in [0, 0.1) is 5.92 Å². The number of carbonyl (C=O) groups is 2. The zero-order chi connectivity index (χ0) is 17.7. The zero-order valence-electron chi connectivity index (χ0n) is 15.1. The van der Waals surface area contributed by atoms with Gasteiger partial charge in [0.2, 0.25) is 11.8 Å². The molecule has 9 heteroatoms. The summed E-state index contributed by atoms with van der Waals surface area (Å²) in [6.45, 7) is 6.37. The fraction of sp³-hybridized carbons (Fsp3) is 0.529. The van der Waals surface area contributed by atoms with Crippen LogP contribution < -0.4 is 16.0 Å². The smallest absolute Gasteiger partial charge is 0.242 e. The number of piperazine rings is 1. The fourth-order valence-corrected chi connectivity index (χ4v) is 2.57. The van der Waals surface area contributed by atoms with Crippen molar-refractivity contribution in [2.24, 2.45) is 11.7 Å². The third kappa shape index (κ3) is 6.55. The Hall–Kier alpha value is -1.70. The number of carbonyl (C=O) groups excluding carboxylic acids is 2. The van der Waals surface area contributed by atoms with Crippen molar-refractivity contribution in [2.75, 3.05) is 37.6 Å². The number of nitrogens with zero attached hydrogens (tertiary/aromatic N) is 2. The molecule has 0 unspecified atom stereocenters. The maximum atomic E-state index is 12.2. The Labute approximate surface area is 166 Å². The molecule has 0 saturated carbocycles. The van der Waals surface area contributed by atoms with E-state index in [1.54, 1.807) is 17.0 Å². The number of hydrogen-bond donors (Lipinski definition) is 3. The van der Waals surface area contributed by atoms with Crippen molar-refractivity contribution < 1.29 is 14.7 Å². The van der Waals surface area contributed by atoms with E-state index in [0.717, 1.165) is 18.8 Å². The Morgan fingerprint density at radius 1 is 1.12 bits per heavy atom. The minimum absolute atomic E-state index is 0. The monoisotopic (exact) mass is 406 g/mol. The molecule has 1 atom stereocenters. The molecule has 1 aliphatic heterocycles. The number of aromatic hydroxyl groups is 1. The van der Waals surface area contributed by atoms with Gasteiger partial charge in [-0.05, 0) is 30.2 Å². The maximum Gasteiger partial charge on any atom is 0.242 e. The lowest BCUT2D eigenvalue weighted by Gasteiger charge is -2.36. The van der Waals surface area contributed by atoms with Gasteiger partial charge in [0.25, 0.3) is 0 Å². The summed E-state index contributed by atoms with van der Waals surface area (Å²) in [5.41, 5.74) is 6.78. The number of nitrogens with one attached hydrogen (secondary N) is 1. The first kappa shape index (κ1) is 24.3. The summed E-state index contributed by atoms with van der Waals surface area (Å²) in [5, 5.41) is 11.9. The highest BCUT2D eigenvalue weighted by Gasteiger charge is 2.23. The van der Waals surface area contributed by atoms with Gasteiger partial charge in [-0.25, -0.2) is 0 Å². The van der Waals surface area contributed by atoms with Gasteiger partial charge < -0.3 is 26.0 Å². The van der Waals surface area contributed by atoms with Gasteiger partial charge in [-0.2, -0.15) is 0 Å². The molecule has 1 heterocycles. The quantitative estimate of drug-likeness (QED) is 0.676. The van der Waals surface area contributed by atoms with Gasteiger partial charge in [-0.15, -0.1) is 24.8 Å². The van der Waals surface area contributed by atoms with E-state index in [0.29, 0.717) is 13.1 Å². The summed E-state index contributed by atoms with van der Waals surface area (Å²) < 4.78 is 0. The lowest BCUT2D eigenvalue weighted by molar-refractivity contribution is -0.133. The first-order valence-corrected chi connectivity index (χ1v) is 8.23. The summed E-state index contributed by atoms with van der Waals surface area (Å²) >= 11 is 0. The van der Waals surface area contributed by atoms with Gasteiger partial charge in [0.15, 0.2) is 0 Å². The molecule has 0 aliphatic carbocycles. The van der Waals surface area contributed by atoms with Gasteiger partial charge >= 0.3 is 0 Å². The average molecular weight is 407 g/mol. The van der Waals surface area contributed by atoms with Crippen LogP contribution in [0.4, 0.5) is 5.69 Å². The second-order valence-electron chi connectivity index (χ2n) is 6.37. The number of hydrogen-bond acceptors (Lipinski definition) is 5. The van der Waals surface area contributed by atoms with Crippen LogP contribution in [0.5, 0.6) is 5.75 Å². The lowest BCUT2D eigenvalue weighted by atomic mass is 10.1. The Morgan fingerprint density at radius 2 is 1.65 bits per heavy atom. The van der Waals surface area contributed by atoms with Crippen LogP contribution in [0.3, 0.4) is 0 Å². The molecule has 1 aromatic carbocycles. The second-order valence-corrected chi connectivity index (χ2v) is 6.37. The third-order valence-electron chi connectivity index (χ3n) is 4.28. The van der Waals surface area contributed by atoms with Crippen LogP contribution in [0.25, 0.3) is 0 Å². The third-order valence-corrected chi connectivity index (χ3v) is 4.28. The molecule has 1 aromatic rings. The van der Waals surface area contributed by atoms with E-state index in [1.807, 2.05) is 26.0 Å². The summed E-state index contributed by atoms with van der Waals surface area (Å²) in [7, 11) is 0. The van der Waals surface area contributed by atoms with Crippen LogP contribution in [-0.2, 0) is 9.59 Å². The maximum absolute atomic E-state index is 12.2. The molecular weight excluding hydrogens is 379 g/mol. The molecule has 2 rings (SSSR count). The SMILES string of the molecule is CC(C)[C@H](N)C(=O)NCC(=O)N1CCN(c2ccc(O)cc2)CC1.Cl.Cl. The summed E-state index contributed by atoms with van der Waals surface area (Å²) in [4.78, 5) is 27.9. The van der Waals surface area contributed by atoms with E-state index in [4.69, 9.17) is 5.73 Å². The fourth-order valence-electron chi connectivity index (χ4n) is 2.57. The normalized spacial score (nSPS) is 14.9. The van der Waals surface area contributed by atoms with Crippen molar-refractivity contribution in [1.29, 1.82) is 0 Å². The number of nitrogens with two attached hydrogens (primary N) is 1. The van der Waals surface area contributed by atoms with Crippen LogP contribution in [0.15, 0.2) is 24.3 Å². The molecule has 1 aliphatic rings. The topological polar surface area (TPSA) is 98.9 Å². The van der Waals surface area contributed by atoms with E-state index in [2.05, 4.69) is 10.2 Å². The van der Waals surface area contributed by atoms with Crippen LogP contribution in [-0.4, -0.2) is 60.6 Å². The minimum atomic E-state index is -0.593. The molecule has 0 spiro atoms. The first-order chi connectivity index (χ1) is 11.4. The minimum Gasteiger partial charge on any atom is -0.508 e. The summed E-state index contributed by atoms with van der Waals surface area (Å²) in [6, 6.07) is 6.44. The Kier molecular flexibility index (Phi) is 10.4. The Balaban J connectivity index is 0.00000312. The zero-order valence-corrected chi connectivity index (χ0v) is 16.7. The van der Waals surface area contributed by atoms with Crippen molar-refractivity contribution in [3.8, 4) is 5.75 Å². The molecule has 0 radical (unpaired) electrons. The summed E-state index contributed by atoms with van der Waals surface area (Å²) in [6.07, 6.45) is 0. The standard InChI is InChI=1S/C17H26N4O3.2ClH/c1-12(2)16(18)17(24)19-11-15(23)21-9-7-20(8-10-21)13-3-5-14(22)6-4-13;;/h3-6,12,16,22H,7-11,18H2,1-2H3,(H,19,24);2*1H/t16-;;/m0../s1. The molecule has 2 amide bonds. The number of phenolic OH excluding ortho intramolecular Hbond substituents is 1. The van der Waals surface area contributed by atoms with E-state index in [1.165, 1.54) is 0 Å². The van der Waals surface area contributed by atoms with Gasteiger partial charge in [0, 0.05) is 31.9 Å². The Morgan fingerprint density at radius 3 is 2.15 bits per heavy atom. The van der Waals surface area contributed by atoms with Crippen molar-refractivity contribution in [3.63, 3.8) is 0 Å². The highest BCUT2D eigenvalue weighted by Crippen LogP contribution is 2.19. The van der Waals surface area contributed by atoms with Gasteiger partial charge in [-0.3, -0.25) is 9.59 Å². The molecule has 0 bridgehead atoms. The van der Waals surface area contributed by atoms with Crippen LogP contribution in [0.2, 0.25) is 0 Å². The predicted molar refractivity (Wildman–Crippen MR) is 107 cm³/mol. The first-order valence-electron chi connectivity index (χ1n) is 8.23. The average Bonchev–Trinajstić information content (AvgIpc) is 2.59. The van der Waals surface area contributed by atoms with Gasteiger partial charge in [0.1, 0.15) is 5.75 Å². The van der Waals surface area contributed by atoms with Crippen LogP contribution >= 0.6 is 24.8 Å². The molecule has 26 heavy (non-hydrogen) atoms. The van der Waals surface area contributed by atoms with Gasteiger partial charge in [0.05, 0.1) is 12.6 Å². The molecule has 0 aromatic heterocycles. The summed E-state index contributed by atoms with van der Waals surface area (Å²) in [5.74, 6) is -0.109. The predicted octanol–water partition coefficient (Wildman–Crippen LogP) is 0.984. The number of phenols is 1. The number of rotatable bonds is 5. The number of amides is 2. The number of anilines is 1. The van der Waals surface area contributed by atoms with E-state index in [9.17, 15) is 14.7 Å². The van der Waals surface area contributed by atoms with Crippen molar-refractivity contribution in [1.82, 2.24) is 10.2 Å². The molecule has 1 fully saturated rings. The van der Waals surface area contributed by atoms with E-state index < -0.39 is 6.04 Å². The highest BCUT2D eigenvalue weighted by molar-refractivity contribution is 5.87. The van der Waals surface area contributed by atoms with Crippen molar-refractivity contribution >= 4 is 42.3 Å². The number of benzene rings is 1. The Bertz CT molecular complexity index is 576. The van der Waals surface area contributed by atoms with E-state index in [-0.39, 0.29) is 54.8 Å². The highest BCUT2D eigenvalue weighted by atomic mass is 35.5. The van der Waals surface area contributed by atoms with E-state index >= 15 is 0 Å². The molecular formula is C17H28Cl2N4O3. The molecule has 7 nitrogen and oxygen atoms in total. The van der Waals surface area contributed by atoms with Crippen LogP contribution in [0.1, 0.15) is 13.8 Å². The van der Waals surface area contributed by atoms with Crippen molar-refractivity contribution in [3.05, 3.63) is 24.3 Å². The molecule has 148 valence electrons. The largest absolute Gasteiger partial charge is 0.508 e.